The van der Waals surface area contributed by atoms with Crippen LogP contribution in [-0.2, 0) is 20.8 Å². The molecule has 2 amide bonds. The van der Waals surface area contributed by atoms with Gasteiger partial charge in [0.05, 0.1) is 24.8 Å². The molecule has 1 fully saturated rings. The standard InChI is InChI=1S/C15H17N3O4/c1-21-7-6-17-14(19)13-10-22-15(20)18(13)9-12-5-3-2-4-11(12)8-16/h2-5,13H,6-7,9-10H2,1H3,(H,17,19)/t13-/m0/s1. The smallest absolute Gasteiger partial charge is 0.410 e. The SMILES string of the molecule is COCCNC(=O)[C@@H]1COC(=O)N1Cc1ccccc1C#N. The van der Waals surface area contributed by atoms with Crippen LogP contribution in [-0.4, -0.2) is 49.8 Å². The summed E-state index contributed by atoms with van der Waals surface area (Å²) in [5, 5.41) is 11.8. The zero-order valence-corrected chi connectivity index (χ0v) is 12.2. The minimum absolute atomic E-state index is 0.00632. The maximum Gasteiger partial charge on any atom is 0.410 e. The van der Waals surface area contributed by atoms with Gasteiger partial charge in [0.2, 0.25) is 5.91 Å². The van der Waals surface area contributed by atoms with Crippen molar-refractivity contribution in [3.63, 3.8) is 0 Å². The van der Waals surface area contributed by atoms with E-state index in [0.717, 1.165) is 0 Å². The largest absolute Gasteiger partial charge is 0.447 e. The fourth-order valence-corrected chi connectivity index (χ4v) is 2.19. The first-order chi connectivity index (χ1) is 10.7. The number of amides is 2. The van der Waals surface area contributed by atoms with E-state index in [0.29, 0.717) is 24.3 Å². The molecule has 116 valence electrons. The number of benzene rings is 1. The quantitative estimate of drug-likeness (QED) is 0.779. The third-order valence-electron chi connectivity index (χ3n) is 3.36. The summed E-state index contributed by atoms with van der Waals surface area (Å²) in [7, 11) is 1.54. The number of hydrogen-bond donors (Lipinski definition) is 1. The van der Waals surface area contributed by atoms with E-state index < -0.39 is 12.1 Å². The average molecular weight is 303 g/mol. The zero-order valence-electron chi connectivity index (χ0n) is 12.2. The Bertz CT molecular complexity index is 597. The Hall–Kier alpha value is -2.59. The summed E-state index contributed by atoms with van der Waals surface area (Å²) in [6.45, 7) is 0.921. The fourth-order valence-electron chi connectivity index (χ4n) is 2.19. The van der Waals surface area contributed by atoms with Crippen LogP contribution >= 0.6 is 0 Å². The van der Waals surface area contributed by atoms with Crippen LogP contribution in [0.2, 0.25) is 0 Å². The van der Waals surface area contributed by atoms with Crippen LogP contribution in [0.5, 0.6) is 0 Å². The first-order valence-corrected chi connectivity index (χ1v) is 6.85. The summed E-state index contributed by atoms with van der Waals surface area (Å²) < 4.78 is 9.83. The molecular formula is C15H17N3O4. The van der Waals surface area contributed by atoms with Crippen LogP contribution in [0.3, 0.4) is 0 Å². The van der Waals surface area contributed by atoms with Crippen LogP contribution in [0.1, 0.15) is 11.1 Å². The molecule has 1 aliphatic rings. The Morgan fingerprint density at radius 3 is 3.05 bits per heavy atom. The molecule has 1 saturated heterocycles. The topological polar surface area (TPSA) is 91.7 Å². The van der Waals surface area contributed by atoms with Crippen LogP contribution < -0.4 is 5.32 Å². The van der Waals surface area contributed by atoms with Gasteiger partial charge >= 0.3 is 6.09 Å². The molecule has 0 aliphatic carbocycles. The van der Waals surface area contributed by atoms with Crippen molar-refractivity contribution in [2.75, 3.05) is 26.9 Å². The molecule has 0 bridgehead atoms. The molecule has 0 saturated carbocycles. The summed E-state index contributed by atoms with van der Waals surface area (Å²) in [4.78, 5) is 25.3. The van der Waals surface area contributed by atoms with Crippen molar-refractivity contribution in [3.8, 4) is 6.07 Å². The molecule has 7 nitrogen and oxygen atoms in total. The lowest BCUT2D eigenvalue weighted by Crippen LogP contribution is -2.46. The predicted octanol–water partition coefficient (Wildman–Crippen LogP) is 0.642. The summed E-state index contributed by atoms with van der Waals surface area (Å²) >= 11 is 0. The van der Waals surface area contributed by atoms with E-state index in [-0.39, 0.29) is 19.1 Å². The zero-order chi connectivity index (χ0) is 15.9. The monoisotopic (exact) mass is 303 g/mol. The van der Waals surface area contributed by atoms with Gasteiger partial charge < -0.3 is 14.8 Å². The van der Waals surface area contributed by atoms with Crippen molar-refractivity contribution in [1.29, 1.82) is 5.26 Å². The number of nitrogens with one attached hydrogen (secondary N) is 1. The number of nitrogens with zero attached hydrogens (tertiary/aromatic N) is 2. The molecule has 1 atom stereocenters. The number of hydrogen-bond acceptors (Lipinski definition) is 5. The maximum absolute atomic E-state index is 12.1. The molecule has 1 aliphatic heterocycles. The second kappa shape index (κ2) is 7.43. The molecule has 0 aromatic heterocycles. The van der Waals surface area contributed by atoms with E-state index >= 15 is 0 Å². The first kappa shape index (κ1) is 15.8. The van der Waals surface area contributed by atoms with Gasteiger partial charge in [0.15, 0.2) is 0 Å². The van der Waals surface area contributed by atoms with Gasteiger partial charge in [-0.25, -0.2) is 4.79 Å². The number of carbonyl (C=O) groups is 2. The molecule has 1 aromatic carbocycles. The molecule has 7 heteroatoms. The van der Waals surface area contributed by atoms with Gasteiger partial charge in [0, 0.05) is 13.7 Å². The second-order valence-electron chi connectivity index (χ2n) is 4.77. The minimum atomic E-state index is -0.698. The third kappa shape index (κ3) is 3.54. The number of ether oxygens (including phenoxy) is 2. The van der Waals surface area contributed by atoms with Crippen LogP contribution in [0.4, 0.5) is 4.79 Å². The Kier molecular flexibility index (Phi) is 5.33. The number of methoxy groups -OCH3 is 1. The average Bonchev–Trinajstić information content (AvgIpc) is 2.89. The molecule has 0 unspecified atom stereocenters. The Morgan fingerprint density at radius 1 is 1.55 bits per heavy atom. The van der Waals surface area contributed by atoms with E-state index in [1.165, 1.54) is 4.90 Å². The summed E-state index contributed by atoms with van der Waals surface area (Å²) in [5.74, 6) is -0.294. The van der Waals surface area contributed by atoms with E-state index in [9.17, 15) is 9.59 Å². The third-order valence-corrected chi connectivity index (χ3v) is 3.36. The van der Waals surface area contributed by atoms with Gasteiger partial charge in [0.1, 0.15) is 12.6 Å². The summed E-state index contributed by atoms with van der Waals surface area (Å²) in [6, 6.07) is 8.33. The summed E-state index contributed by atoms with van der Waals surface area (Å²) in [6.07, 6.45) is -0.556. The molecule has 22 heavy (non-hydrogen) atoms. The Labute approximate surface area is 128 Å². The number of cyclic esters (lactones) is 1. The molecule has 2 rings (SSSR count). The van der Waals surface area contributed by atoms with E-state index in [1.807, 2.05) is 0 Å². The molecule has 1 aromatic rings. The van der Waals surface area contributed by atoms with E-state index in [1.54, 1.807) is 31.4 Å². The van der Waals surface area contributed by atoms with Gasteiger partial charge in [0.25, 0.3) is 0 Å². The summed E-state index contributed by atoms with van der Waals surface area (Å²) in [5.41, 5.74) is 1.15. The van der Waals surface area contributed by atoms with Gasteiger partial charge in [-0.3, -0.25) is 9.69 Å². The predicted molar refractivity (Wildman–Crippen MR) is 76.7 cm³/mol. The lowest BCUT2D eigenvalue weighted by molar-refractivity contribution is -0.125. The molecular weight excluding hydrogens is 286 g/mol. The highest BCUT2D eigenvalue weighted by Crippen LogP contribution is 2.18. The minimum Gasteiger partial charge on any atom is -0.447 e. The lowest BCUT2D eigenvalue weighted by Gasteiger charge is -2.21. The van der Waals surface area contributed by atoms with Crippen LogP contribution in [0.15, 0.2) is 24.3 Å². The number of nitriles is 1. The second-order valence-corrected chi connectivity index (χ2v) is 4.77. The Morgan fingerprint density at radius 2 is 2.32 bits per heavy atom. The van der Waals surface area contributed by atoms with Gasteiger partial charge in [-0.2, -0.15) is 5.26 Å². The van der Waals surface area contributed by atoms with Crippen molar-refractivity contribution < 1.29 is 19.1 Å². The van der Waals surface area contributed by atoms with Crippen molar-refractivity contribution in [3.05, 3.63) is 35.4 Å². The lowest BCUT2D eigenvalue weighted by atomic mass is 10.1. The number of carbonyl (C=O) groups excluding carboxylic acids is 2. The Balaban J connectivity index is 2.08. The van der Waals surface area contributed by atoms with Crippen LogP contribution in [0, 0.1) is 11.3 Å². The van der Waals surface area contributed by atoms with Gasteiger partial charge in [-0.05, 0) is 11.6 Å². The highest BCUT2D eigenvalue weighted by atomic mass is 16.6. The highest BCUT2D eigenvalue weighted by Gasteiger charge is 2.38. The number of rotatable bonds is 6. The normalized spacial score (nSPS) is 17.0. The van der Waals surface area contributed by atoms with Crippen molar-refractivity contribution >= 4 is 12.0 Å². The maximum atomic E-state index is 12.1. The van der Waals surface area contributed by atoms with Gasteiger partial charge in [-0.15, -0.1) is 0 Å². The van der Waals surface area contributed by atoms with E-state index in [2.05, 4.69) is 11.4 Å². The fraction of sp³-hybridized carbons (Fsp3) is 0.400. The molecule has 1 heterocycles. The molecule has 0 spiro atoms. The molecule has 1 N–H and O–H groups in total. The first-order valence-electron chi connectivity index (χ1n) is 6.85. The van der Waals surface area contributed by atoms with Crippen molar-refractivity contribution in [2.45, 2.75) is 12.6 Å². The van der Waals surface area contributed by atoms with Crippen molar-refractivity contribution in [2.24, 2.45) is 0 Å². The van der Waals surface area contributed by atoms with Crippen molar-refractivity contribution in [1.82, 2.24) is 10.2 Å². The van der Waals surface area contributed by atoms with Gasteiger partial charge in [-0.1, -0.05) is 18.2 Å². The van der Waals surface area contributed by atoms with E-state index in [4.69, 9.17) is 14.7 Å². The highest BCUT2D eigenvalue weighted by molar-refractivity contribution is 5.87. The molecule has 0 radical (unpaired) electrons. The van der Waals surface area contributed by atoms with Crippen LogP contribution in [0.25, 0.3) is 0 Å².